The summed E-state index contributed by atoms with van der Waals surface area (Å²) in [5.74, 6) is -1.22. The average Bonchev–Trinajstić information content (AvgIpc) is 2.08. The fourth-order valence-corrected chi connectivity index (χ4v) is 0.865. The molecule has 0 N–H and O–H groups in total. The molecule has 0 atom stereocenters. The van der Waals surface area contributed by atoms with E-state index < -0.39 is 5.97 Å². The van der Waals surface area contributed by atoms with E-state index in [4.69, 9.17) is 12.6 Å². The zero-order chi connectivity index (χ0) is 9.56. The summed E-state index contributed by atoms with van der Waals surface area (Å²) in [5.41, 5.74) is 0.0810. The Hall–Kier alpha value is 0.845. The zero-order valence-electron chi connectivity index (χ0n) is 8.45. The van der Waals surface area contributed by atoms with Crippen molar-refractivity contribution in [3.8, 4) is 0 Å². The molecule has 14 heavy (non-hydrogen) atoms. The van der Waals surface area contributed by atoms with Gasteiger partial charge < -0.3 is 29.5 Å². The molecule has 1 aromatic carbocycles. The third-order valence-electron chi connectivity index (χ3n) is 1.11. The molecule has 2 nitrogen and oxygen atoms in total. The van der Waals surface area contributed by atoms with Gasteiger partial charge in [0, 0.05) is 0 Å². The van der Waals surface area contributed by atoms with E-state index >= 15 is 0 Å². The fourth-order valence-electron chi connectivity index (χ4n) is 0.635. The molecule has 0 aromatic heterocycles. The van der Waals surface area contributed by atoms with Gasteiger partial charge in [0.25, 0.3) is 0 Å². The number of carbonyl (C=O) groups is 1. The SMILES string of the molecule is O=C([O-])c1ccccc1[S-].[CH2-]C.[Hg+2].[Na+]. The second-order valence-corrected chi connectivity index (χ2v) is 2.22. The Bertz CT molecular complexity index is 269. The van der Waals surface area contributed by atoms with Gasteiger partial charge in [0.2, 0.25) is 0 Å². The van der Waals surface area contributed by atoms with Crippen molar-refractivity contribution in [2.45, 2.75) is 11.8 Å². The predicted octanol–water partition coefficient (Wildman–Crippen LogP) is -2.20. The molecule has 1 rings (SSSR count). The third-order valence-corrected chi connectivity index (χ3v) is 1.46. The molecule has 0 radical (unpaired) electrons. The van der Waals surface area contributed by atoms with Crippen LogP contribution in [-0.2, 0) is 40.3 Å². The van der Waals surface area contributed by atoms with Gasteiger partial charge in [-0.2, -0.15) is 11.8 Å². The number of rotatable bonds is 1. The molecule has 0 spiro atoms. The smallest absolute Gasteiger partial charge is 0.779 e. The first-order valence-electron chi connectivity index (χ1n) is 3.40. The maximum absolute atomic E-state index is 10.2. The molecule has 0 aliphatic rings. The van der Waals surface area contributed by atoms with Crippen LogP contribution in [-0.4, -0.2) is 5.97 Å². The van der Waals surface area contributed by atoms with Crippen LogP contribution in [0.1, 0.15) is 17.3 Å². The summed E-state index contributed by atoms with van der Waals surface area (Å²) >= 11 is 4.71. The van der Waals surface area contributed by atoms with Crippen LogP contribution in [0.4, 0.5) is 0 Å². The Morgan fingerprint density at radius 2 is 1.79 bits per heavy atom. The van der Waals surface area contributed by atoms with E-state index in [1.165, 1.54) is 6.07 Å². The van der Waals surface area contributed by atoms with Gasteiger partial charge in [-0.1, -0.05) is 24.3 Å². The fraction of sp³-hybridized carbons (Fsp3) is 0.111. The van der Waals surface area contributed by atoms with Gasteiger partial charge in [-0.3, -0.25) is 0 Å². The van der Waals surface area contributed by atoms with E-state index in [9.17, 15) is 9.90 Å². The second-order valence-electron chi connectivity index (χ2n) is 1.78. The van der Waals surface area contributed by atoms with E-state index in [2.05, 4.69) is 6.92 Å². The van der Waals surface area contributed by atoms with Crippen LogP contribution in [0.2, 0.25) is 0 Å². The van der Waals surface area contributed by atoms with Crippen molar-refractivity contribution in [3.63, 3.8) is 0 Å². The van der Waals surface area contributed by atoms with Gasteiger partial charge in [-0.25, -0.2) is 0 Å². The minimum absolute atomic E-state index is 0. The Morgan fingerprint density at radius 3 is 2.07 bits per heavy atom. The minimum atomic E-state index is -1.22. The molecule has 0 saturated heterocycles. The van der Waals surface area contributed by atoms with Gasteiger partial charge in [0.05, 0.1) is 5.97 Å². The monoisotopic (exact) mass is 406 g/mol. The zero-order valence-corrected chi connectivity index (χ0v) is 16.8. The van der Waals surface area contributed by atoms with E-state index in [-0.39, 0.29) is 62.8 Å². The van der Waals surface area contributed by atoms with Crippen molar-refractivity contribution < 1.29 is 67.1 Å². The molecule has 0 fully saturated rings. The van der Waals surface area contributed by atoms with E-state index in [1.54, 1.807) is 25.1 Å². The van der Waals surface area contributed by atoms with Gasteiger partial charge in [0.1, 0.15) is 0 Å². The molecule has 0 aliphatic heterocycles. The Labute approximate surface area is 133 Å². The summed E-state index contributed by atoms with van der Waals surface area (Å²) in [6, 6.07) is 6.29. The molecular formula is C9H9HgNaO2S. The van der Waals surface area contributed by atoms with Crippen LogP contribution in [0.25, 0.3) is 0 Å². The first kappa shape index (κ1) is 20.3. The van der Waals surface area contributed by atoms with Crippen molar-refractivity contribution >= 4 is 18.6 Å². The minimum Gasteiger partial charge on any atom is -0.779 e. The van der Waals surface area contributed by atoms with Gasteiger partial charge >= 0.3 is 57.2 Å². The number of carboxylic acid groups (broad SMARTS) is 1. The van der Waals surface area contributed by atoms with Gasteiger partial charge in [0.15, 0.2) is 0 Å². The van der Waals surface area contributed by atoms with Crippen molar-refractivity contribution in [2.24, 2.45) is 0 Å². The summed E-state index contributed by atoms with van der Waals surface area (Å²) in [6.45, 7) is 5.00. The third kappa shape index (κ3) is 7.18. The van der Waals surface area contributed by atoms with Crippen LogP contribution in [0.5, 0.6) is 0 Å². The summed E-state index contributed by atoms with van der Waals surface area (Å²) in [6.07, 6.45) is 0. The van der Waals surface area contributed by atoms with Crippen LogP contribution in [0.3, 0.4) is 0 Å². The van der Waals surface area contributed by atoms with Crippen molar-refractivity contribution in [3.05, 3.63) is 36.8 Å². The number of hydrogen-bond donors (Lipinski definition) is 0. The molecule has 0 bridgehead atoms. The summed E-state index contributed by atoms with van der Waals surface area (Å²) in [4.78, 5) is 10.6. The molecule has 5 heteroatoms. The van der Waals surface area contributed by atoms with Crippen molar-refractivity contribution in [1.82, 2.24) is 0 Å². The first-order valence-corrected chi connectivity index (χ1v) is 3.81. The maximum atomic E-state index is 10.2. The quantitative estimate of drug-likeness (QED) is 0.303. The predicted molar refractivity (Wildman–Crippen MR) is 47.4 cm³/mol. The summed E-state index contributed by atoms with van der Waals surface area (Å²) < 4.78 is 0. The van der Waals surface area contributed by atoms with E-state index in [1.807, 2.05) is 0 Å². The molecule has 0 unspecified atom stereocenters. The number of carbonyl (C=O) groups excluding carboxylic acids is 1. The Kier molecular flexibility index (Phi) is 17.3. The number of hydrogen-bond acceptors (Lipinski definition) is 3. The first-order chi connectivity index (χ1) is 5.72. The molecule has 0 amide bonds. The number of aromatic carboxylic acids is 1. The van der Waals surface area contributed by atoms with Crippen molar-refractivity contribution in [1.29, 1.82) is 0 Å². The van der Waals surface area contributed by atoms with E-state index in [0.29, 0.717) is 4.90 Å². The number of carboxylic acids is 1. The van der Waals surface area contributed by atoms with Crippen LogP contribution < -0.4 is 34.7 Å². The van der Waals surface area contributed by atoms with Gasteiger partial charge in [-0.05, 0) is 5.56 Å². The molecular weight excluding hydrogens is 396 g/mol. The summed E-state index contributed by atoms with van der Waals surface area (Å²) in [7, 11) is 0. The molecule has 0 aliphatic carbocycles. The average molecular weight is 405 g/mol. The van der Waals surface area contributed by atoms with Crippen molar-refractivity contribution in [2.75, 3.05) is 0 Å². The van der Waals surface area contributed by atoms with Crippen LogP contribution in [0.15, 0.2) is 29.2 Å². The molecule has 66 valence electrons. The Morgan fingerprint density at radius 1 is 1.36 bits per heavy atom. The number of benzene rings is 1. The topological polar surface area (TPSA) is 40.1 Å². The van der Waals surface area contributed by atoms with Gasteiger partial charge in [-0.15, -0.1) is 0 Å². The molecule has 0 heterocycles. The molecule has 1 aromatic rings. The van der Waals surface area contributed by atoms with Crippen LogP contribution >= 0.6 is 0 Å². The maximum Gasteiger partial charge on any atom is 2.00 e. The largest absolute Gasteiger partial charge is 2.00 e. The van der Waals surface area contributed by atoms with Crippen LogP contribution in [0, 0.1) is 6.92 Å². The Balaban J connectivity index is -0.000000284. The standard InChI is InChI=1S/C7H6O2S.C2H5.Hg.Na/c8-7(9)5-3-1-2-4-6(5)10;1-2;;/h1-4,10H,(H,8,9);1H2,2H3;;/q;-1;+2;+1/p-2. The second kappa shape index (κ2) is 11.9. The normalized spacial score (nSPS) is 7.00. The molecule has 0 saturated carbocycles. The summed E-state index contributed by atoms with van der Waals surface area (Å²) in [5, 5.41) is 10.2. The van der Waals surface area contributed by atoms with E-state index in [0.717, 1.165) is 0 Å².